The molecule has 0 bridgehead atoms. The Bertz CT molecular complexity index is 701. The molecule has 5 heteroatoms. The van der Waals surface area contributed by atoms with Crippen LogP contribution in [0, 0.1) is 28.6 Å². The lowest BCUT2D eigenvalue weighted by atomic mass is 9.46. The predicted octanol–water partition coefficient (Wildman–Crippen LogP) is 2.93. The average Bonchev–Trinajstić information content (AvgIpc) is 2.86. The Labute approximate surface area is 169 Å². The zero-order valence-corrected chi connectivity index (χ0v) is 18.2. The summed E-state index contributed by atoms with van der Waals surface area (Å²) in [5.41, 5.74) is 0.509. The van der Waals surface area contributed by atoms with E-state index in [1.54, 1.807) is 0 Å². The monoisotopic (exact) mass is 471 g/mol. The van der Waals surface area contributed by atoms with Gasteiger partial charge in [-0.25, -0.2) is 0 Å². The van der Waals surface area contributed by atoms with Crippen LogP contribution in [0.5, 0.6) is 0 Å². The van der Waals surface area contributed by atoms with Gasteiger partial charge in [-0.05, 0) is 71.4 Å². The number of halogens is 1. The van der Waals surface area contributed by atoms with Crippen molar-refractivity contribution in [1.29, 1.82) is 0 Å². The number of hydrogen-bond acceptors (Lipinski definition) is 4. The van der Waals surface area contributed by atoms with Gasteiger partial charge in [-0.2, -0.15) is 0 Å². The number of rotatable bonds is 1. The Morgan fingerprint density at radius 2 is 1.96 bits per heavy atom. The van der Waals surface area contributed by atoms with E-state index in [1.165, 1.54) is 9.15 Å². The van der Waals surface area contributed by atoms with E-state index in [2.05, 4.69) is 41.7 Å². The maximum atomic E-state index is 13.4. The molecule has 2 saturated carbocycles. The smallest absolute Gasteiger partial charge is 0.138 e. The van der Waals surface area contributed by atoms with Crippen molar-refractivity contribution in [2.45, 2.75) is 57.8 Å². The van der Waals surface area contributed by atoms with E-state index in [-0.39, 0.29) is 23.2 Å². The summed E-state index contributed by atoms with van der Waals surface area (Å²) in [4.78, 5) is 15.3. The number of carbonyl (C=O) groups is 1. The Morgan fingerprint density at radius 1 is 1.27 bits per heavy atom. The number of aliphatic hydroxyl groups excluding tert-OH is 2. The zero-order chi connectivity index (χ0) is 19.0. The molecular weight excluding hydrogens is 441 g/mol. The highest BCUT2D eigenvalue weighted by Crippen LogP contribution is 2.65. The predicted molar refractivity (Wildman–Crippen MR) is 110 cm³/mol. The van der Waals surface area contributed by atoms with Crippen molar-refractivity contribution < 1.29 is 15.0 Å². The maximum absolute atomic E-state index is 13.4. The highest BCUT2D eigenvalue weighted by Gasteiger charge is 2.63. The number of hydrogen-bond donors (Lipinski definition) is 2. The van der Waals surface area contributed by atoms with Crippen LogP contribution in [0.1, 0.15) is 39.5 Å². The Kier molecular flexibility index (Phi) is 4.50. The lowest BCUT2D eigenvalue weighted by molar-refractivity contribution is -0.159. The summed E-state index contributed by atoms with van der Waals surface area (Å²) in [6.45, 7) is 4.28. The van der Waals surface area contributed by atoms with Crippen molar-refractivity contribution in [3.05, 3.63) is 21.3 Å². The van der Waals surface area contributed by atoms with Crippen LogP contribution in [-0.4, -0.2) is 53.2 Å². The number of nitrogens with zero attached hydrogens (tertiary/aromatic N) is 1. The van der Waals surface area contributed by atoms with Gasteiger partial charge >= 0.3 is 0 Å². The van der Waals surface area contributed by atoms with Crippen LogP contribution < -0.4 is 0 Å². The number of fused-ring (bicyclic) bond motifs is 5. The largest absolute Gasteiger partial charge is 0.389 e. The third-order valence-corrected chi connectivity index (χ3v) is 9.76. The SMILES string of the molecule is CN(C)[C@H]1C=C2CC[C@@H]3[C@H](C(=O)C[C@]4(C)C(I)=CC[C@@H]34)[C@@]2(C)[C@@H](O)[C@@H]1O. The van der Waals surface area contributed by atoms with Crippen LogP contribution in [0.4, 0.5) is 0 Å². The summed E-state index contributed by atoms with van der Waals surface area (Å²) < 4.78 is 1.33. The highest BCUT2D eigenvalue weighted by molar-refractivity contribution is 14.1. The number of carbonyl (C=O) groups excluding carboxylic acids is 1. The molecule has 8 atom stereocenters. The first-order chi connectivity index (χ1) is 12.1. The fraction of sp³-hybridized carbons (Fsp3) is 0.762. The van der Waals surface area contributed by atoms with Gasteiger partial charge in [0.05, 0.1) is 18.2 Å². The van der Waals surface area contributed by atoms with E-state index in [1.807, 2.05) is 25.9 Å². The van der Waals surface area contributed by atoms with E-state index < -0.39 is 17.6 Å². The molecule has 4 nitrogen and oxygen atoms in total. The third kappa shape index (κ3) is 2.32. The number of allylic oxidation sites excluding steroid dienone is 2. The van der Waals surface area contributed by atoms with Crippen molar-refractivity contribution in [3.63, 3.8) is 0 Å². The zero-order valence-electron chi connectivity index (χ0n) is 16.1. The molecule has 0 aromatic heterocycles. The molecule has 0 heterocycles. The van der Waals surface area contributed by atoms with Gasteiger partial charge in [0.1, 0.15) is 5.78 Å². The molecule has 4 aliphatic rings. The van der Waals surface area contributed by atoms with Crippen LogP contribution in [0.3, 0.4) is 0 Å². The number of likely N-dealkylation sites (N-methyl/N-ethyl adjacent to an activating group) is 1. The van der Waals surface area contributed by atoms with Crippen LogP contribution in [0.25, 0.3) is 0 Å². The van der Waals surface area contributed by atoms with E-state index in [0.29, 0.717) is 18.3 Å². The van der Waals surface area contributed by atoms with Gasteiger partial charge in [0.25, 0.3) is 0 Å². The molecule has 4 aliphatic carbocycles. The molecule has 2 fully saturated rings. The fourth-order valence-corrected chi connectivity index (χ4v) is 7.43. The topological polar surface area (TPSA) is 60.8 Å². The van der Waals surface area contributed by atoms with E-state index in [9.17, 15) is 15.0 Å². The lowest BCUT2D eigenvalue weighted by Gasteiger charge is -2.59. The molecule has 0 radical (unpaired) electrons. The number of aliphatic hydroxyl groups is 2. The molecule has 4 rings (SSSR count). The fourth-order valence-electron chi connectivity index (χ4n) is 6.58. The standard InChI is InChI=1S/C21H30INO3/c1-20-10-15(24)17-12(13(20)7-8-16(20)22)6-5-11-9-14(23(3)4)18(25)19(26)21(11,17)2/h8-9,12-14,17-19,25-26H,5-7,10H2,1-4H3/t12-,13-,14-,17+,18+,19-,20-,21-/m0/s1. The van der Waals surface area contributed by atoms with Crippen LogP contribution in [0.2, 0.25) is 0 Å². The summed E-state index contributed by atoms with van der Waals surface area (Å²) in [5.74, 6) is 0.876. The van der Waals surface area contributed by atoms with E-state index in [4.69, 9.17) is 0 Å². The maximum Gasteiger partial charge on any atom is 0.138 e. The molecule has 0 amide bonds. The second-order valence-electron chi connectivity index (χ2n) is 9.50. The molecule has 0 aromatic rings. The first kappa shape index (κ1) is 19.1. The van der Waals surface area contributed by atoms with Gasteiger partial charge in [-0.1, -0.05) is 31.6 Å². The van der Waals surface area contributed by atoms with Crippen molar-refractivity contribution >= 4 is 28.4 Å². The van der Waals surface area contributed by atoms with Crippen molar-refractivity contribution in [3.8, 4) is 0 Å². The summed E-state index contributed by atoms with van der Waals surface area (Å²) in [6.07, 6.45) is 6.22. The van der Waals surface area contributed by atoms with E-state index >= 15 is 0 Å². The summed E-state index contributed by atoms with van der Waals surface area (Å²) in [5, 5.41) is 22.0. The minimum Gasteiger partial charge on any atom is -0.389 e. The minimum absolute atomic E-state index is 0.0270. The number of Topliss-reactive ketones (excluding diaryl/α,β-unsaturated/α-hetero) is 1. The first-order valence-electron chi connectivity index (χ1n) is 9.75. The van der Waals surface area contributed by atoms with Crippen LogP contribution >= 0.6 is 22.6 Å². The third-order valence-electron chi connectivity index (χ3n) is 8.09. The summed E-state index contributed by atoms with van der Waals surface area (Å²) >= 11 is 2.42. The Morgan fingerprint density at radius 3 is 2.62 bits per heavy atom. The van der Waals surface area contributed by atoms with Crippen LogP contribution in [0.15, 0.2) is 21.3 Å². The first-order valence-corrected chi connectivity index (χ1v) is 10.8. The minimum atomic E-state index is -0.899. The molecular formula is C21H30INO3. The molecule has 0 saturated heterocycles. The van der Waals surface area contributed by atoms with Crippen molar-refractivity contribution in [1.82, 2.24) is 4.90 Å². The Hall–Kier alpha value is -0.240. The molecule has 2 N–H and O–H groups in total. The average molecular weight is 471 g/mol. The van der Waals surface area contributed by atoms with Gasteiger partial charge in [-0.3, -0.25) is 4.79 Å². The van der Waals surface area contributed by atoms with Crippen molar-refractivity contribution in [2.24, 2.45) is 28.6 Å². The number of ketones is 1. The lowest BCUT2D eigenvalue weighted by Crippen LogP contribution is -2.63. The highest BCUT2D eigenvalue weighted by atomic mass is 127. The molecule has 0 aromatic carbocycles. The normalized spacial score (nSPS) is 50.7. The second kappa shape index (κ2) is 6.13. The van der Waals surface area contributed by atoms with Gasteiger partial charge in [0, 0.05) is 23.2 Å². The van der Waals surface area contributed by atoms with Gasteiger partial charge in [0.2, 0.25) is 0 Å². The quantitative estimate of drug-likeness (QED) is 0.456. The second-order valence-corrected chi connectivity index (χ2v) is 10.7. The molecule has 0 unspecified atom stereocenters. The molecule has 26 heavy (non-hydrogen) atoms. The molecule has 0 spiro atoms. The van der Waals surface area contributed by atoms with Crippen molar-refractivity contribution in [2.75, 3.05) is 14.1 Å². The summed E-state index contributed by atoms with van der Waals surface area (Å²) in [7, 11) is 3.85. The molecule has 144 valence electrons. The van der Waals surface area contributed by atoms with Crippen LogP contribution in [-0.2, 0) is 4.79 Å². The summed E-state index contributed by atoms with van der Waals surface area (Å²) in [6, 6.07) is -0.192. The molecule has 0 aliphatic heterocycles. The van der Waals surface area contributed by atoms with Gasteiger partial charge < -0.3 is 15.1 Å². The van der Waals surface area contributed by atoms with E-state index in [0.717, 1.165) is 19.3 Å². The Balaban J connectivity index is 1.77. The van der Waals surface area contributed by atoms with Gasteiger partial charge in [-0.15, -0.1) is 0 Å². The van der Waals surface area contributed by atoms with Gasteiger partial charge in [0.15, 0.2) is 0 Å².